The fraction of sp³-hybridized carbons (Fsp3) is 0.655. The van der Waals surface area contributed by atoms with Crippen LogP contribution in [0.4, 0.5) is 23.7 Å². The van der Waals surface area contributed by atoms with Crippen LogP contribution in [0.5, 0.6) is 5.88 Å². The lowest BCUT2D eigenvalue weighted by Crippen LogP contribution is -2.32. The van der Waals surface area contributed by atoms with Gasteiger partial charge in [-0.2, -0.15) is 19.9 Å². The predicted octanol–water partition coefficient (Wildman–Crippen LogP) is 5.57. The van der Waals surface area contributed by atoms with Crippen LogP contribution in [0.2, 0.25) is 0 Å². The molecule has 21 atom stereocenters. The molecule has 15 heterocycles. The van der Waals surface area contributed by atoms with Gasteiger partial charge in [0.1, 0.15) is 83.5 Å². The van der Waals surface area contributed by atoms with Crippen LogP contribution in [0.25, 0.3) is 44.7 Å². The van der Waals surface area contributed by atoms with Gasteiger partial charge in [0.2, 0.25) is 23.7 Å². The topological polar surface area (TPSA) is 559 Å². The highest BCUT2D eigenvalue weighted by Crippen LogP contribution is 2.47. The minimum atomic E-state index is -1.27. The molecule has 6 aliphatic rings. The highest BCUT2D eigenvalue weighted by Gasteiger charge is 2.50. The minimum Gasteiger partial charge on any atom is -0.476 e. The van der Waals surface area contributed by atoms with Crippen molar-refractivity contribution in [3.05, 3.63) is 74.2 Å². The van der Waals surface area contributed by atoms with Crippen molar-refractivity contribution in [2.75, 3.05) is 152 Å². The van der Waals surface area contributed by atoms with Crippen molar-refractivity contribution in [1.82, 2.24) is 87.6 Å². The minimum absolute atomic E-state index is 0.158. The Morgan fingerprint density at radius 2 is 0.765 bits per heavy atom. The predicted molar refractivity (Wildman–Crippen MR) is 531 cm³/mol. The number of aromatic amines is 3. The lowest BCUT2D eigenvalue weighted by molar-refractivity contribution is -0.0363. The Bertz CT molecular complexity index is 5890. The van der Waals surface area contributed by atoms with Gasteiger partial charge < -0.3 is 100 Å². The van der Waals surface area contributed by atoms with E-state index in [1.165, 1.54) is 32.7 Å². The van der Waals surface area contributed by atoms with Gasteiger partial charge in [0, 0.05) is 26.7 Å². The Kier molecular flexibility index (Phi) is 35.4. The van der Waals surface area contributed by atoms with Crippen molar-refractivity contribution in [2.45, 2.75) is 221 Å². The van der Waals surface area contributed by atoms with Gasteiger partial charge in [-0.05, 0) is 170 Å². The summed E-state index contributed by atoms with van der Waals surface area (Å²) in [6.07, 6.45) is 23.1. The van der Waals surface area contributed by atoms with Crippen LogP contribution in [0.1, 0.15) is 135 Å². The summed E-state index contributed by atoms with van der Waals surface area (Å²) < 4.78 is 48.8. The van der Waals surface area contributed by atoms with Crippen molar-refractivity contribution in [3.8, 4) is 5.88 Å². The lowest BCUT2D eigenvalue weighted by Gasteiger charge is -2.24. The molecule has 0 aromatic carbocycles. The average molecular weight is 1960 g/mol. The van der Waals surface area contributed by atoms with E-state index in [0.29, 0.717) is 127 Å². The van der Waals surface area contributed by atoms with E-state index < -0.39 is 157 Å². The molecule has 0 aliphatic carbocycles. The van der Waals surface area contributed by atoms with Crippen molar-refractivity contribution in [3.63, 3.8) is 0 Å². The number of nitrogens with one attached hydrogen (secondary N) is 7. The number of hydrogen-bond donors (Lipinski definition) is 16. The largest absolute Gasteiger partial charge is 0.476 e. The normalized spacial score (nSPS) is 27.3. The number of amidine groups is 1. The van der Waals surface area contributed by atoms with Crippen LogP contribution < -0.4 is 42.7 Å². The van der Waals surface area contributed by atoms with E-state index in [-0.39, 0.29) is 39.3 Å². The Morgan fingerprint density at radius 1 is 0.432 bits per heavy atom. The number of H-pyrrole nitrogens is 3. The summed E-state index contributed by atoms with van der Waals surface area (Å²) in [7, 11) is 1.57. The smallest absolute Gasteiger partial charge is 0.280 e. The summed E-state index contributed by atoms with van der Waals surface area (Å²) in [5.74, 6) is 3.38. The summed E-state index contributed by atoms with van der Waals surface area (Å²) >= 11 is 6.50. The Morgan fingerprint density at radius 3 is 1.12 bits per heavy atom. The summed E-state index contributed by atoms with van der Waals surface area (Å²) in [5, 5.41) is 106. The molecule has 48 heteroatoms. The first kappa shape index (κ1) is 105. The highest BCUT2D eigenvalue weighted by atomic mass is 35.5. The van der Waals surface area contributed by atoms with Crippen LogP contribution >= 0.6 is 46.0 Å². The molecule has 16 N–H and O–H groups in total. The summed E-state index contributed by atoms with van der Waals surface area (Å²) in [4.78, 5) is 92.0. The number of ether oxygens (including phenoxy) is 7. The number of aliphatic hydroxyl groups excluding tert-OH is 9. The number of imidazole rings is 5. The van der Waals surface area contributed by atoms with E-state index in [9.17, 15) is 60.3 Å². The van der Waals surface area contributed by atoms with Gasteiger partial charge in [0.15, 0.2) is 82.0 Å². The van der Waals surface area contributed by atoms with Crippen LogP contribution in [0.15, 0.2) is 51.0 Å². The second kappa shape index (κ2) is 44.4. The molecule has 0 amide bonds. The number of rotatable bonds is 32. The molecule has 5 saturated heterocycles. The molecule has 1 unspecified atom stereocenters. The zero-order chi connectivity index (χ0) is 96.7. The molecule has 5 fully saturated rings. The van der Waals surface area contributed by atoms with E-state index in [1.54, 1.807) is 35.8 Å². The van der Waals surface area contributed by atoms with Gasteiger partial charge in [0.25, 0.3) is 16.7 Å². The Balaban J connectivity index is 0.000000159. The summed E-state index contributed by atoms with van der Waals surface area (Å²) in [6.45, 7) is 29.0. The number of alkyl halides is 1. The molecule has 0 bridgehead atoms. The number of aliphatic imine (C=N–C) groups is 1. The average Bonchev–Trinajstić information content (AvgIpc) is 1.64. The maximum Gasteiger partial charge on any atom is 0.280 e. The quantitative estimate of drug-likeness (QED) is 0.0139. The third-order valence-corrected chi connectivity index (χ3v) is 30.6. The van der Waals surface area contributed by atoms with Crippen LogP contribution in [-0.4, -0.2) is 393 Å². The van der Waals surface area contributed by atoms with Gasteiger partial charge in [0.05, 0.1) is 68.8 Å². The fourth-order valence-corrected chi connectivity index (χ4v) is 20.7. The monoisotopic (exact) mass is 1960 g/mol. The number of halogens is 1. The number of nitrogens with zero attached hydrogens (tertiary/aromatic N) is 16. The first-order valence-electron chi connectivity index (χ1n) is 44.3. The van der Waals surface area contributed by atoms with Gasteiger partial charge in [-0.3, -0.25) is 52.2 Å². The first-order valence-corrected chi connectivity index (χ1v) is 60.0. The van der Waals surface area contributed by atoms with E-state index in [0.717, 1.165) is 56.5 Å². The molecule has 6 aliphatic heterocycles. The van der Waals surface area contributed by atoms with Crippen LogP contribution in [0, 0.1) is 6.92 Å². The second-order valence-electron chi connectivity index (χ2n) is 37.5. The molecule has 734 valence electrons. The Hall–Kier alpha value is -7.33. The van der Waals surface area contributed by atoms with Crippen molar-refractivity contribution in [2.24, 2.45) is 4.99 Å². The molecule has 0 radical (unpaired) electrons. The number of fused-ring (bicyclic) bond motifs is 5. The molecule has 15 rings (SSSR count). The fourth-order valence-electron chi connectivity index (χ4n) is 15.6. The number of aliphatic hydroxyl groups is 9. The molecule has 0 saturated carbocycles. The number of aromatic nitrogens is 18. The van der Waals surface area contributed by atoms with Gasteiger partial charge in [-0.1, -0.05) is 20.3 Å². The van der Waals surface area contributed by atoms with Gasteiger partial charge in [-0.25, -0.2) is 34.9 Å². The molecule has 42 nitrogen and oxygen atoms in total. The van der Waals surface area contributed by atoms with E-state index >= 15 is 0 Å². The lowest BCUT2D eigenvalue weighted by atomic mass is 10.1. The highest BCUT2D eigenvalue weighted by molar-refractivity contribution is 7.73. The summed E-state index contributed by atoms with van der Waals surface area (Å²) in [6, 6.07) is 0. The number of methoxy groups -OCH3 is 1. The van der Waals surface area contributed by atoms with Gasteiger partial charge in [-0.15, -0.1) is 77.5 Å². The molecule has 9 aromatic rings. The maximum absolute atomic E-state index is 12.3. The molecule has 9 aromatic heterocycles. The second-order valence-corrected chi connectivity index (χ2v) is 59.6. The number of unbranched alkanes of at least 4 members (excludes halogenated alkanes) is 1. The SMILES string of the molecule is C=P(C)(C)CC[C@H]1O[C@@H](n2cnc3c(=O)[nH]c(NCC)nc32)[C@H](O)[C@@H]1O.C=P(C)(C)CC[C@H]1O[C@@H](n2cnc3c(=O)[nH]c(NCCC)nc32)[C@H](O)[C@@H]1O.C=P(C)(C)CC[C@H]1O[C@@H](n2cnc3c(=O)[nH]c(NCCCC)nc32)[C@H](O)[C@@H]1O.C=P(C)(C)CC[C@H]1O[C@@H](n2cnc3c(OCC)nc(C)nc32)[C@H](Cl)[C@@H]1O.C=P(C)(C)CC[C@H]1O[C@@H](n2cnc3c2NC(C)=NC3OC)[C@H](O)[C@@H]1O. The van der Waals surface area contributed by atoms with Crippen molar-refractivity contribution < 1.29 is 79.1 Å². The van der Waals surface area contributed by atoms with E-state index in [4.69, 9.17) is 44.8 Å². The van der Waals surface area contributed by atoms with Crippen molar-refractivity contribution >= 4 is 152 Å². The maximum atomic E-state index is 12.3. The number of anilines is 4. The van der Waals surface area contributed by atoms with Gasteiger partial charge >= 0.3 is 0 Å². The van der Waals surface area contributed by atoms with Crippen LogP contribution in [0.3, 0.4) is 0 Å². The summed E-state index contributed by atoms with van der Waals surface area (Å²) in [5.41, 5.74) is 2.07. The zero-order valence-corrected chi connectivity index (χ0v) is 83.7. The Labute approximate surface area is 772 Å². The molecular formula is C84H137ClN23O19P5. The number of aryl methyl sites for hydroxylation is 1. The van der Waals surface area contributed by atoms with E-state index in [2.05, 4.69) is 196 Å². The van der Waals surface area contributed by atoms with Crippen molar-refractivity contribution in [1.29, 1.82) is 0 Å². The third kappa shape index (κ3) is 25.9. The third-order valence-electron chi connectivity index (χ3n) is 22.8. The molecule has 132 heavy (non-hydrogen) atoms. The molecular weight excluding hydrogens is 1830 g/mol. The zero-order valence-electron chi connectivity index (χ0n) is 78.4. The van der Waals surface area contributed by atoms with E-state index in [1.807, 2.05) is 27.7 Å². The van der Waals surface area contributed by atoms with Crippen LogP contribution in [-0.2, 0) is 28.4 Å². The first-order chi connectivity index (χ1) is 62.0. The number of hydrogen-bond acceptors (Lipinski definition) is 34. The molecule has 0 spiro atoms. The standard InChI is InChI=1S/C18H30N5O4P.C17H26ClN4O3P.C17H28N5O4P.C16H26N5O4P.C16H27N4O4P/c1-5-6-8-19-18-21-15-12(16(26)22-18)20-10-23(15)17-14(25)13(24)11(27-17)7-9-28(2,3)4;1-6-24-16-13-15(20-10(2)21-16)22(9-19-13)17-12(18)14(23)11(25-17)7-8-26(3,4)5;1-5-7-18-17-20-14-11(15(25)21-17)19-9-22(14)16-13(24)12(23)10(26-16)6-8-27(2,3)4;1-5-17-16-19-13-10(14(24)20-16)18-8-21(13)15-12(23)11(22)9(25-15)6-7-26(2,3)4;1-9-18-14-11(15(19-9)23-2)17-8-20(14)16-13(22)12(21)10(24-16)6-7-25(3,4)5/h10-11,13-14,17,24-25H,2,5-9H2,1,3-4H3,(H2,19,21,22,26);9,11-12,14,17,23H,3,6-8H2,1-2,4-5H3;9-10,12-13,16,23-24H,2,5-8H2,1,3-4H3,(H2,18,20,21,25);8-9,11-12,15,22-23H,2,5-7H2,1,3-4H3,(H2,17,19,20,24);8,10,12-13,15-16,21-22H,3,6-7H2,1-2,4-5H3,(H,18,19)/t11-,13-,14-,17-;11-,12-,14-,17-;10-,12-,13-,16-;9-,11-,12-,15-;10-,12-,13-,15?,16-/m11111/s1.